The predicted molar refractivity (Wildman–Crippen MR) is 71.1 cm³/mol. The Bertz CT molecular complexity index is 305. The molecule has 0 radical (unpaired) electrons. The second-order valence-electron chi connectivity index (χ2n) is 4.39. The van der Waals surface area contributed by atoms with Gasteiger partial charge in [0.1, 0.15) is 0 Å². The Kier molecular flexibility index (Phi) is 4.57. The van der Waals surface area contributed by atoms with Gasteiger partial charge < -0.3 is 9.88 Å². The van der Waals surface area contributed by atoms with Crippen LogP contribution in [0, 0.1) is 5.92 Å². The van der Waals surface area contributed by atoms with Crippen LogP contribution < -0.4 is 5.32 Å². The van der Waals surface area contributed by atoms with E-state index in [2.05, 4.69) is 39.8 Å². The maximum Gasteiger partial charge on any atom is 0.202 e. The van der Waals surface area contributed by atoms with Crippen LogP contribution in [0.5, 0.6) is 0 Å². The number of aromatic nitrogens is 2. The maximum absolute atomic E-state index is 4.37. The Morgan fingerprint density at radius 1 is 1.50 bits per heavy atom. The van der Waals surface area contributed by atoms with Gasteiger partial charge in [-0.2, -0.15) is 11.8 Å². The van der Waals surface area contributed by atoms with Gasteiger partial charge in [-0.1, -0.05) is 6.92 Å². The Morgan fingerprint density at radius 3 is 3.06 bits per heavy atom. The summed E-state index contributed by atoms with van der Waals surface area (Å²) in [7, 11) is 0. The Balaban J connectivity index is 1.89. The molecule has 1 aromatic heterocycles. The molecule has 0 atom stereocenters. The van der Waals surface area contributed by atoms with Crippen molar-refractivity contribution < 1.29 is 0 Å². The molecule has 1 aliphatic rings. The number of rotatable bonds is 5. The summed E-state index contributed by atoms with van der Waals surface area (Å²) in [5, 5.41) is 3.38. The summed E-state index contributed by atoms with van der Waals surface area (Å²) < 4.78 is 2.27. The van der Waals surface area contributed by atoms with Gasteiger partial charge in [-0.3, -0.25) is 0 Å². The third kappa shape index (κ3) is 3.17. The highest BCUT2D eigenvalue weighted by Gasteiger charge is 2.15. The molecule has 4 heteroatoms. The average Bonchev–Trinajstić information content (AvgIpc) is 2.75. The summed E-state index contributed by atoms with van der Waals surface area (Å²) in [5.41, 5.74) is 0. The van der Waals surface area contributed by atoms with E-state index in [0.29, 0.717) is 0 Å². The van der Waals surface area contributed by atoms with Gasteiger partial charge in [0.05, 0.1) is 0 Å². The molecule has 1 saturated heterocycles. The van der Waals surface area contributed by atoms with Crippen molar-refractivity contribution in [3.05, 3.63) is 12.4 Å². The van der Waals surface area contributed by atoms with Crippen LogP contribution in [-0.4, -0.2) is 27.6 Å². The highest BCUT2D eigenvalue weighted by Crippen LogP contribution is 2.24. The fraction of sp³-hybridized carbons (Fsp3) is 0.750. The second-order valence-corrected chi connectivity index (χ2v) is 5.61. The molecular weight excluding hydrogens is 218 g/mol. The van der Waals surface area contributed by atoms with E-state index in [1.54, 1.807) is 0 Å². The van der Waals surface area contributed by atoms with Crippen LogP contribution in [0.4, 0.5) is 5.95 Å². The van der Waals surface area contributed by atoms with Gasteiger partial charge in [-0.25, -0.2) is 4.98 Å². The number of hydrogen-bond donors (Lipinski definition) is 1. The lowest BCUT2D eigenvalue weighted by Crippen LogP contribution is -2.17. The van der Waals surface area contributed by atoms with Crippen molar-refractivity contribution in [1.29, 1.82) is 0 Å². The Hall–Kier alpha value is -0.640. The zero-order chi connectivity index (χ0) is 11.2. The third-order valence-electron chi connectivity index (χ3n) is 3.04. The first-order valence-corrected chi connectivity index (χ1v) is 7.38. The molecule has 0 amide bonds. The Labute approximate surface area is 102 Å². The molecular formula is C12H21N3S. The van der Waals surface area contributed by atoms with Crippen molar-refractivity contribution in [3.8, 4) is 0 Å². The predicted octanol–water partition coefficient (Wildman–Crippen LogP) is 2.85. The number of thioether (sulfide) groups is 1. The normalized spacial score (nSPS) is 17.6. The summed E-state index contributed by atoms with van der Waals surface area (Å²) in [5.74, 6) is 4.55. The first-order chi connectivity index (χ1) is 7.90. The molecule has 0 spiro atoms. The summed E-state index contributed by atoms with van der Waals surface area (Å²) in [6.07, 6.45) is 7.86. The maximum atomic E-state index is 4.37. The van der Waals surface area contributed by atoms with Crippen molar-refractivity contribution in [2.75, 3.05) is 23.4 Å². The van der Waals surface area contributed by atoms with E-state index in [-0.39, 0.29) is 0 Å². The van der Waals surface area contributed by atoms with Crippen LogP contribution in [0.25, 0.3) is 0 Å². The van der Waals surface area contributed by atoms with Crippen molar-refractivity contribution in [2.24, 2.45) is 5.92 Å². The Morgan fingerprint density at radius 2 is 2.31 bits per heavy atom. The number of anilines is 1. The standard InChI is InChI=1S/C12H21N3S/c1-2-5-13-12-14-6-7-15(12)10-11-3-8-16-9-4-11/h6-7,11H,2-5,8-10H2,1H3,(H,13,14). The average molecular weight is 239 g/mol. The van der Waals surface area contributed by atoms with Crippen LogP contribution in [0.1, 0.15) is 26.2 Å². The zero-order valence-electron chi connectivity index (χ0n) is 9.98. The summed E-state index contributed by atoms with van der Waals surface area (Å²) in [6.45, 7) is 4.32. The van der Waals surface area contributed by atoms with Crippen molar-refractivity contribution in [2.45, 2.75) is 32.7 Å². The molecule has 0 aromatic carbocycles. The van der Waals surface area contributed by atoms with E-state index < -0.39 is 0 Å². The van der Waals surface area contributed by atoms with Crippen LogP contribution in [-0.2, 0) is 6.54 Å². The minimum atomic E-state index is 0.845. The molecule has 0 saturated carbocycles. The monoisotopic (exact) mass is 239 g/mol. The van der Waals surface area contributed by atoms with Crippen molar-refractivity contribution in [3.63, 3.8) is 0 Å². The van der Waals surface area contributed by atoms with E-state index >= 15 is 0 Å². The number of hydrogen-bond acceptors (Lipinski definition) is 3. The smallest absolute Gasteiger partial charge is 0.202 e. The number of imidazole rings is 1. The van der Waals surface area contributed by atoms with Crippen molar-refractivity contribution >= 4 is 17.7 Å². The van der Waals surface area contributed by atoms with Gasteiger partial charge in [0.2, 0.25) is 5.95 Å². The van der Waals surface area contributed by atoms with Gasteiger partial charge in [0.25, 0.3) is 0 Å². The van der Waals surface area contributed by atoms with E-state index in [9.17, 15) is 0 Å². The molecule has 1 aromatic rings. The fourth-order valence-corrected chi connectivity index (χ4v) is 3.27. The first kappa shape index (κ1) is 11.8. The van der Waals surface area contributed by atoms with Gasteiger partial charge in [-0.05, 0) is 36.7 Å². The zero-order valence-corrected chi connectivity index (χ0v) is 10.8. The molecule has 90 valence electrons. The largest absolute Gasteiger partial charge is 0.356 e. The second kappa shape index (κ2) is 6.18. The number of nitrogens with zero attached hydrogens (tertiary/aromatic N) is 2. The van der Waals surface area contributed by atoms with Gasteiger partial charge in [-0.15, -0.1) is 0 Å². The van der Waals surface area contributed by atoms with Crippen LogP contribution in [0.3, 0.4) is 0 Å². The lowest BCUT2D eigenvalue weighted by Gasteiger charge is -2.22. The third-order valence-corrected chi connectivity index (χ3v) is 4.09. The molecule has 1 N–H and O–H groups in total. The quantitative estimate of drug-likeness (QED) is 0.857. The molecule has 2 heterocycles. The highest BCUT2D eigenvalue weighted by molar-refractivity contribution is 7.99. The lowest BCUT2D eigenvalue weighted by molar-refractivity contribution is 0.419. The summed E-state index contributed by atoms with van der Waals surface area (Å²) in [4.78, 5) is 4.37. The first-order valence-electron chi connectivity index (χ1n) is 6.23. The molecule has 2 rings (SSSR count). The highest BCUT2D eigenvalue weighted by atomic mass is 32.2. The SMILES string of the molecule is CCCNc1nccn1CC1CCSCC1. The molecule has 3 nitrogen and oxygen atoms in total. The molecule has 1 fully saturated rings. The number of nitrogens with one attached hydrogen (secondary N) is 1. The summed E-state index contributed by atoms with van der Waals surface area (Å²) in [6, 6.07) is 0. The molecule has 0 aliphatic carbocycles. The lowest BCUT2D eigenvalue weighted by atomic mass is 10.0. The van der Waals surface area contributed by atoms with Gasteiger partial charge in [0, 0.05) is 25.5 Å². The van der Waals surface area contributed by atoms with Crippen LogP contribution in [0.2, 0.25) is 0 Å². The van der Waals surface area contributed by atoms with Crippen LogP contribution >= 0.6 is 11.8 Å². The van der Waals surface area contributed by atoms with E-state index in [1.807, 2.05) is 6.20 Å². The van der Waals surface area contributed by atoms with E-state index in [4.69, 9.17) is 0 Å². The van der Waals surface area contributed by atoms with E-state index in [0.717, 1.165) is 31.4 Å². The van der Waals surface area contributed by atoms with Gasteiger partial charge >= 0.3 is 0 Å². The van der Waals surface area contributed by atoms with Crippen molar-refractivity contribution in [1.82, 2.24) is 9.55 Å². The molecule has 16 heavy (non-hydrogen) atoms. The molecule has 0 bridgehead atoms. The minimum absolute atomic E-state index is 0.845. The topological polar surface area (TPSA) is 29.9 Å². The fourth-order valence-electron chi connectivity index (χ4n) is 2.07. The molecule has 0 unspecified atom stereocenters. The molecule has 1 aliphatic heterocycles. The van der Waals surface area contributed by atoms with Crippen LogP contribution in [0.15, 0.2) is 12.4 Å². The van der Waals surface area contributed by atoms with E-state index in [1.165, 1.54) is 24.3 Å². The van der Waals surface area contributed by atoms with Gasteiger partial charge in [0.15, 0.2) is 0 Å². The minimum Gasteiger partial charge on any atom is -0.356 e. The summed E-state index contributed by atoms with van der Waals surface area (Å²) >= 11 is 2.09.